The number of carbonyl (C=O) groups excluding carboxylic acids is 1. The normalized spacial score (nSPS) is 14.5. The van der Waals surface area contributed by atoms with Crippen molar-refractivity contribution in [2.24, 2.45) is 0 Å². The lowest BCUT2D eigenvalue weighted by Gasteiger charge is -2.26. The quantitative estimate of drug-likeness (QED) is 0.483. The Hall–Kier alpha value is -3.63. The zero-order valence-electron chi connectivity index (χ0n) is 18.3. The molecular weight excluding hydrogens is 425 g/mol. The summed E-state index contributed by atoms with van der Waals surface area (Å²) in [7, 11) is 0. The molecule has 0 unspecified atom stereocenters. The molecule has 3 N–H and O–H groups in total. The predicted octanol–water partition coefficient (Wildman–Crippen LogP) is 2.62. The van der Waals surface area contributed by atoms with Gasteiger partial charge in [0, 0.05) is 44.0 Å². The Bertz CT molecular complexity index is 1110. The number of nitrogens with one attached hydrogen (secondary N) is 3. The van der Waals surface area contributed by atoms with E-state index in [1.54, 1.807) is 30.4 Å². The standard InChI is InChI=1S/C23H26FN7O2/c1-16-14-22(30-29-16)28-21-15-19(23(32)25-8-9-31-10-12-33-13-11-31)26-20(27-21)7-4-17-2-5-18(24)6-3-17/h2-7,14-15H,8-13H2,1H3,(H,25,32)(H2,26,27,28,29,30)/b7-4+. The molecule has 172 valence electrons. The first-order valence-corrected chi connectivity index (χ1v) is 10.8. The van der Waals surface area contributed by atoms with E-state index in [9.17, 15) is 9.18 Å². The molecule has 33 heavy (non-hydrogen) atoms. The number of anilines is 2. The number of halogens is 1. The summed E-state index contributed by atoms with van der Waals surface area (Å²) >= 11 is 0. The number of carbonyl (C=O) groups is 1. The fourth-order valence-corrected chi connectivity index (χ4v) is 3.32. The summed E-state index contributed by atoms with van der Waals surface area (Å²) in [6.45, 7) is 6.29. The van der Waals surface area contributed by atoms with Gasteiger partial charge in [0.05, 0.1) is 13.2 Å². The number of amides is 1. The molecule has 3 heterocycles. The number of nitrogens with zero attached hydrogens (tertiary/aromatic N) is 4. The van der Waals surface area contributed by atoms with Gasteiger partial charge in [-0.05, 0) is 30.7 Å². The minimum absolute atomic E-state index is 0.237. The monoisotopic (exact) mass is 451 g/mol. The van der Waals surface area contributed by atoms with Crippen LogP contribution in [0.4, 0.5) is 16.0 Å². The smallest absolute Gasteiger partial charge is 0.270 e. The average molecular weight is 452 g/mol. The minimum Gasteiger partial charge on any atom is -0.379 e. The molecule has 0 bridgehead atoms. The van der Waals surface area contributed by atoms with E-state index in [0.29, 0.717) is 37.2 Å². The van der Waals surface area contributed by atoms with E-state index < -0.39 is 0 Å². The Morgan fingerprint density at radius 3 is 2.67 bits per heavy atom. The zero-order chi connectivity index (χ0) is 23.0. The molecule has 0 radical (unpaired) electrons. The number of morpholine rings is 1. The molecule has 2 aromatic heterocycles. The highest BCUT2D eigenvalue weighted by Crippen LogP contribution is 2.16. The number of hydrogen-bond donors (Lipinski definition) is 3. The highest BCUT2D eigenvalue weighted by Gasteiger charge is 2.14. The number of aromatic nitrogens is 4. The summed E-state index contributed by atoms with van der Waals surface area (Å²) in [6, 6.07) is 9.48. The summed E-state index contributed by atoms with van der Waals surface area (Å²) in [5.41, 5.74) is 1.92. The zero-order valence-corrected chi connectivity index (χ0v) is 18.3. The third kappa shape index (κ3) is 6.67. The van der Waals surface area contributed by atoms with Gasteiger partial charge in [0.1, 0.15) is 17.3 Å². The Kier molecular flexibility index (Phi) is 7.38. The molecule has 3 aromatic rings. The molecule has 0 spiro atoms. The fourth-order valence-electron chi connectivity index (χ4n) is 3.32. The Morgan fingerprint density at radius 2 is 1.94 bits per heavy atom. The molecule has 0 atom stereocenters. The van der Waals surface area contributed by atoms with Gasteiger partial charge in [0.2, 0.25) is 0 Å². The topological polar surface area (TPSA) is 108 Å². The lowest BCUT2D eigenvalue weighted by atomic mass is 10.2. The van der Waals surface area contributed by atoms with Crippen LogP contribution in [0.1, 0.15) is 27.6 Å². The summed E-state index contributed by atoms with van der Waals surface area (Å²) in [5.74, 6) is 0.769. The van der Waals surface area contributed by atoms with Gasteiger partial charge in [-0.15, -0.1) is 0 Å². The van der Waals surface area contributed by atoms with Gasteiger partial charge < -0.3 is 15.4 Å². The highest BCUT2D eigenvalue weighted by atomic mass is 19.1. The van der Waals surface area contributed by atoms with E-state index in [-0.39, 0.29) is 17.4 Å². The molecule has 1 aliphatic heterocycles. The fraction of sp³-hybridized carbons (Fsp3) is 0.304. The number of hydrogen-bond acceptors (Lipinski definition) is 7. The Balaban J connectivity index is 1.49. The number of ether oxygens (including phenoxy) is 1. The van der Waals surface area contributed by atoms with E-state index in [1.807, 2.05) is 13.0 Å². The van der Waals surface area contributed by atoms with Crippen molar-refractivity contribution in [3.05, 3.63) is 65.0 Å². The van der Waals surface area contributed by atoms with Crippen LogP contribution in [0.25, 0.3) is 12.2 Å². The maximum atomic E-state index is 13.2. The van der Waals surface area contributed by atoms with Crippen LogP contribution in [0.2, 0.25) is 0 Å². The van der Waals surface area contributed by atoms with Crippen molar-refractivity contribution in [2.45, 2.75) is 6.92 Å². The van der Waals surface area contributed by atoms with Crippen LogP contribution in [0, 0.1) is 12.7 Å². The largest absolute Gasteiger partial charge is 0.379 e. The van der Waals surface area contributed by atoms with Gasteiger partial charge in [0.15, 0.2) is 11.6 Å². The van der Waals surface area contributed by atoms with Crippen molar-refractivity contribution in [3.63, 3.8) is 0 Å². The van der Waals surface area contributed by atoms with E-state index in [0.717, 1.165) is 30.9 Å². The van der Waals surface area contributed by atoms with Crippen molar-refractivity contribution >= 4 is 29.7 Å². The Morgan fingerprint density at radius 1 is 1.15 bits per heavy atom. The van der Waals surface area contributed by atoms with E-state index in [1.165, 1.54) is 12.1 Å². The van der Waals surface area contributed by atoms with Crippen LogP contribution in [-0.4, -0.2) is 70.4 Å². The molecule has 4 rings (SSSR count). The third-order valence-corrected chi connectivity index (χ3v) is 5.05. The van der Waals surface area contributed by atoms with Crippen molar-refractivity contribution in [1.82, 2.24) is 30.4 Å². The van der Waals surface area contributed by atoms with Crippen molar-refractivity contribution in [1.29, 1.82) is 0 Å². The molecule has 9 nitrogen and oxygen atoms in total. The number of aryl methyl sites for hydroxylation is 1. The highest BCUT2D eigenvalue weighted by molar-refractivity contribution is 5.93. The summed E-state index contributed by atoms with van der Waals surface area (Å²) in [4.78, 5) is 23.9. The summed E-state index contributed by atoms with van der Waals surface area (Å²) in [5, 5.41) is 13.0. The maximum Gasteiger partial charge on any atom is 0.270 e. The Labute approximate surface area is 191 Å². The molecule has 1 amide bonds. The van der Waals surface area contributed by atoms with E-state index >= 15 is 0 Å². The van der Waals surface area contributed by atoms with Crippen molar-refractivity contribution in [2.75, 3.05) is 44.7 Å². The molecule has 1 fully saturated rings. The maximum absolute atomic E-state index is 13.2. The van der Waals surface area contributed by atoms with Gasteiger partial charge in [-0.1, -0.05) is 18.2 Å². The molecular formula is C23H26FN7O2. The van der Waals surface area contributed by atoms with Crippen molar-refractivity contribution < 1.29 is 13.9 Å². The first-order valence-electron chi connectivity index (χ1n) is 10.8. The van der Waals surface area contributed by atoms with Gasteiger partial charge >= 0.3 is 0 Å². The van der Waals surface area contributed by atoms with Gasteiger partial charge in [0.25, 0.3) is 5.91 Å². The van der Waals surface area contributed by atoms with Gasteiger partial charge in [-0.3, -0.25) is 14.8 Å². The SMILES string of the molecule is Cc1cc(Nc2cc(C(=O)NCCN3CCOCC3)nc(/C=C/c3ccc(F)cc3)n2)n[nH]1. The lowest BCUT2D eigenvalue weighted by Crippen LogP contribution is -2.41. The van der Waals surface area contributed by atoms with Crippen LogP contribution in [0.15, 0.2) is 36.4 Å². The van der Waals surface area contributed by atoms with E-state index in [4.69, 9.17) is 4.74 Å². The molecule has 0 saturated carbocycles. The predicted molar refractivity (Wildman–Crippen MR) is 124 cm³/mol. The number of rotatable bonds is 8. The average Bonchev–Trinajstić information content (AvgIpc) is 3.23. The van der Waals surface area contributed by atoms with E-state index in [2.05, 4.69) is 35.7 Å². The number of aromatic amines is 1. The molecule has 1 aliphatic rings. The molecule has 1 aromatic carbocycles. The van der Waals surface area contributed by atoms with Gasteiger partial charge in [-0.2, -0.15) is 5.10 Å². The second kappa shape index (κ2) is 10.8. The lowest BCUT2D eigenvalue weighted by molar-refractivity contribution is 0.0383. The third-order valence-electron chi connectivity index (χ3n) is 5.05. The number of benzene rings is 1. The van der Waals surface area contributed by atoms with Gasteiger partial charge in [-0.25, -0.2) is 14.4 Å². The first kappa shape index (κ1) is 22.6. The van der Waals surface area contributed by atoms with Crippen LogP contribution in [-0.2, 0) is 4.74 Å². The summed E-state index contributed by atoms with van der Waals surface area (Å²) in [6.07, 6.45) is 3.44. The minimum atomic E-state index is -0.306. The number of H-pyrrole nitrogens is 1. The van der Waals surface area contributed by atoms with Crippen molar-refractivity contribution in [3.8, 4) is 0 Å². The molecule has 10 heteroatoms. The second-order valence-electron chi connectivity index (χ2n) is 7.65. The van der Waals surface area contributed by atoms with Crippen LogP contribution in [0.5, 0.6) is 0 Å². The van der Waals surface area contributed by atoms with Crippen LogP contribution >= 0.6 is 0 Å². The molecule has 0 aliphatic carbocycles. The summed E-state index contributed by atoms with van der Waals surface area (Å²) < 4.78 is 18.5. The second-order valence-corrected chi connectivity index (χ2v) is 7.65. The van der Waals surface area contributed by atoms with Crippen LogP contribution in [0.3, 0.4) is 0 Å². The first-order chi connectivity index (χ1) is 16.0. The molecule has 1 saturated heterocycles. The van der Waals surface area contributed by atoms with Crippen LogP contribution < -0.4 is 10.6 Å².